The van der Waals surface area contributed by atoms with Crippen LogP contribution in [0, 0.1) is 11.7 Å². The highest BCUT2D eigenvalue weighted by molar-refractivity contribution is 5.93. The van der Waals surface area contributed by atoms with Crippen LogP contribution in [0.15, 0.2) is 23.1 Å². The molecule has 7 nitrogen and oxygen atoms in total. The van der Waals surface area contributed by atoms with E-state index >= 15 is 0 Å². The number of rotatable bonds is 3. The van der Waals surface area contributed by atoms with Crippen molar-refractivity contribution >= 4 is 22.6 Å². The Hall–Kier alpha value is -2.45. The molecule has 2 atom stereocenters. The van der Waals surface area contributed by atoms with E-state index in [4.69, 9.17) is 4.84 Å². The van der Waals surface area contributed by atoms with E-state index < -0.39 is 17.2 Å². The molecule has 26 heavy (non-hydrogen) atoms. The SMILES string of the molecule is CCn1cc(C(=O)O)c(=O)c2cc(F)c(N3CC4CN(C)OC4C3)cc21. The first kappa shape index (κ1) is 17.0. The molecule has 0 radical (unpaired) electrons. The molecule has 2 saturated heterocycles. The number of benzene rings is 1. The Balaban J connectivity index is 1.81. The molecule has 0 saturated carbocycles. The lowest BCUT2D eigenvalue weighted by atomic mass is 10.1. The molecule has 1 N–H and O–H groups in total. The van der Waals surface area contributed by atoms with Crippen molar-refractivity contribution in [3.63, 3.8) is 0 Å². The molecular weight excluding hydrogens is 341 g/mol. The lowest BCUT2D eigenvalue weighted by Gasteiger charge is -2.22. The van der Waals surface area contributed by atoms with Crippen molar-refractivity contribution in [3.05, 3.63) is 39.9 Å². The molecule has 2 unspecified atom stereocenters. The molecule has 1 aromatic heterocycles. The van der Waals surface area contributed by atoms with Gasteiger partial charge in [-0.2, -0.15) is 5.06 Å². The highest BCUT2D eigenvalue weighted by Gasteiger charge is 2.41. The van der Waals surface area contributed by atoms with Gasteiger partial charge in [0, 0.05) is 50.7 Å². The van der Waals surface area contributed by atoms with Gasteiger partial charge in [-0.05, 0) is 19.1 Å². The van der Waals surface area contributed by atoms with E-state index in [2.05, 4.69) is 0 Å². The zero-order valence-electron chi connectivity index (χ0n) is 14.6. The summed E-state index contributed by atoms with van der Waals surface area (Å²) in [6.07, 6.45) is 1.36. The fraction of sp³-hybridized carbons (Fsp3) is 0.444. The Morgan fingerprint density at radius 3 is 2.77 bits per heavy atom. The normalized spacial score (nSPS) is 23.0. The number of carboxylic acids is 1. The first-order valence-corrected chi connectivity index (χ1v) is 8.62. The number of nitrogens with zero attached hydrogens (tertiary/aromatic N) is 3. The molecule has 2 aliphatic heterocycles. The monoisotopic (exact) mass is 361 g/mol. The van der Waals surface area contributed by atoms with Crippen LogP contribution in [0.4, 0.5) is 10.1 Å². The van der Waals surface area contributed by atoms with Crippen molar-refractivity contribution in [1.82, 2.24) is 9.63 Å². The van der Waals surface area contributed by atoms with Gasteiger partial charge >= 0.3 is 5.97 Å². The van der Waals surface area contributed by atoms with E-state index in [1.807, 2.05) is 23.9 Å². The smallest absolute Gasteiger partial charge is 0.341 e. The molecule has 0 amide bonds. The third kappa shape index (κ3) is 2.57. The number of aromatic nitrogens is 1. The molecule has 0 bridgehead atoms. The number of halogens is 1. The Morgan fingerprint density at radius 1 is 1.35 bits per heavy atom. The maximum Gasteiger partial charge on any atom is 0.341 e. The van der Waals surface area contributed by atoms with Crippen molar-refractivity contribution in [3.8, 4) is 0 Å². The molecule has 138 valence electrons. The predicted octanol–water partition coefficient (Wildman–Crippen LogP) is 1.54. The van der Waals surface area contributed by atoms with Crippen LogP contribution in [0.1, 0.15) is 17.3 Å². The minimum absolute atomic E-state index is 0.0397. The highest BCUT2D eigenvalue weighted by atomic mass is 19.1. The third-order valence-electron chi connectivity index (χ3n) is 5.25. The van der Waals surface area contributed by atoms with Gasteiger partial charge in [-0.25, -0.2) is 9.18 Å². The first-order valence-electron chi connectivity index (χ1n) is 8.62. The summed E-state index contributed by atoms with van der Waals surface area (Å²) >= 11 is 0. The van der Waals surface area contributed by atoms with Crippen LogP contribution in [0.2, 0.25) is 0 Å². The molecule has 3 heterocycles. The van der Waals surface area contributed by atoms with Crippen LogP contribution in [-0.4, -0.2) is 53.5 Å². The average Bonchev–Trinajstić information content (AvgIpc) is 3.12. The van der Waals surface area contributed by atoms with Gasteiger partial charge in [-0.3, -0.25) is 9.63 Å². The summed E-state index contributed by atoms with van der Waals surface area (Å²) in [6, 6.07) is 2.80. The first-order chi connectivity index (χ1) is 12.4. The molecular formula is C18H20FN3O4. The second-order valence-corrected chi connectivity index (χ2v) is 6.90. The zero-order valence-corrected chi connectivity index (χ0v) is 14.6. The summed E-state index contributed by atoms with van der Waals surface area (Å²) in [5.41, 5.74) is -0.0543. The second-order valence-electron chi connectivity index (χ2n) is 6.90. The standard InChI is InChI=1S/C18H20FN3O4/c1-3-21-8-12(18(24)25)17(23)11-4-13(19)15(5-14(11)21)22-7-10-6-20(2)26-16(10)9-22/h4-5,8,10,16H,3,6-7,9H2,1-2H3,(H,24,25). The maximum atomic E-state index is 14.8. The Labute approximate surface area is 149 Å². The second kappa shape index (κ2) is 6.07. The van der Waals surface area contributed by atoms with Crippen LogP contribution >= 0.6 is 0 Å². The summed E-state index contributed by atoms with van der Waals surface area (Å²) in [6.45, 7) is 4.39. The van der Waals surface area contributed by atoms with E-state index in [1.165, 1.54) is 6.20 Å². The maximum absolute atomic E-state index is 14.8. The number of aryl methyl sites for hydroxylation is 1. The predicted molar refractivity (Wildman–Crippen MR) is 94.0 cm³/mol. The average molecular weight is 361 g/mol. The van der Waals surface area contributed by atoms with Crippen molar-refractivity contribution in [2.45, 2.75) is 19.6 Å². The number of aromatic carboxylic acids is 1. The van der Waals surface area contributed by atoms with Gasteiger partial charge in [0.1, 0.15) is 17.5 Å². The number of carboxylic acid groups (broad SMARTS) is 1. The molecule has 0 spiro atoms. The van der Waals surface area contributed by atoms with Crippen LogP contribution in [0.3, 0.4) is 0 Å². The fourth-order valence-corrected chi connectivity index (χ4v) is 3.99. The molecule has 8 heteroatoms. The summed E-state index contributed by atoms with van der Waals surface area (Å²) in [5, 5.41) is 11.1. The highest BCUT2D eigenvalue weighted by Crippen LogP contribution is 2.33. The number of fused-ring (bicyclic) bond motifs is 2. The molecule has 0 aliphatic carbocycles. The van der Waals surface area contributed by atoms with Gasteiger partial charge < -0.3 is 14.6 Å². The quantitative estimate of drug-likeness (QED) is 0.894. The number of carbonyl (C=O) groups is 1. The van der Waals surface area contributed by atoms with Gasteiger partial charge in [0.2, 0.25) is 5.43 Å². The van der Waals surface area contributed by atoms with Gasteiger partial charge in [0.25, 0.3) is 0 Å². The number of anilines is 1. The van der Waals surface area contributed by atoms with E-state index in [0.29, 0.717) is 36.8 Å². The molecule has 2 aliphatic rings. The van der Waals surface area contributed by atoms with Crippen molar-refractivity contribution < 1.29 is 19.1 Å². The zero-order chi connectivity index (χ0) is 18.6. The van der Waals surface area contributed by atoms with Crippen LogP contribution < -0.4 is 10.3 Å². The van der Waals surface area contributed by atoms with Gasteiger partial charge in [-0.1, -0.05) is 0 Å². The van der Waals surface area contributed by atoms with Crippen LogP contribution in [0.5, 0.6) is 0 Å². The van der Waals surface area contributed by atoms with Crippen molar-refractivity contribution in [2.75, 3.05) is 31.6 Å². The summed E-state index contributed by atoms with van der Waals surface area (Å²) < 4.78 is 16.5. The lowest BCUT2D eigenvalue weighted by Crippen LogP contribution is -2.27. The van der Waals surface area contributed by atoms with Gasteiger partial charge in [0.05, 0.1) is 11.2 Å². The fourth-order valence-electron chi connectivity index (χ4n) is 3.99. The third-order valence-corrected chi connectivity index (χ3v) is 5.25. The molecule has 2 aromatic rings. The van der Waals surface area contributed by atoms with Crippen molar-refractivity contribution in [2.24, 2.45) is 5.92 Å². The Bertz CT molecular complexity index is 944. The van der Waals surface area contributed by atoms with Gasteiger partial charge in [-0.15, -0.1) is 0 Å². The largest absolute Gasteiger partial charge is 0.477 e. The Morgan fingerprint density at radius 2 is 2.12 bits per heavy atom. The van der Waals surface area contributed by atoms with Crippen LogP contribution in [0.25, 0.3) is 10.9 Å². The van der Waals surface area contributed by atoms with Crippen molar-refractivity contribution in [1.29, 1.82) is 0 Å². The number of hydrogen-bond donors (Lipinski definition) is 1. The van der Waals surface area contributed by atoms with E-state index in [1.54, 1.807) is 10.6 Å². The summed E-state index contributed by atoms with van der Waals surface area (Å²) in [4.78, 5) is 31.4. The minimum atomic E-state index is -1.31. The lowest BCUT2D eigenvalue weighted by molar-refractivity contribution is -0.122. The minimum Gasteiger partial charge on any atom is -0.477 e. The summed E-state index contributed by atoms with van der Waals surface area (Å²) in [5.74, 6) is -1.51. The van der Waals surface area contributed by atoms with E-state index in [-0.39, 0.29) is 17.1 Å². The topological polar surface area (TPSA) is 75.0 Å². The molecule has 4 rings (SSSR count). The Kier molecular flexibility index (Phi) is 3.96. The van der Waals surface area contributed by atoms with Crippen LogP contribution in [-0.2, 0) is 11.4 Å². The molecule has 2 fully saturated rings. The molecule has 1 aromatic carbocycles. The van der Waals surface area contributed by atoms with E-state index in [9.17, 15) is 19.1 Å². The number of hydrogen-bond acceptors (Lipinski definition) is 5. The number of hydroxylamine groups is 2. The summed E-state index contributed by atoms with van der Waals surface area (Å²) in [7, 11) is 1.89. The number of pyridine rings is 1. The van der Waals surface area contributed by atoms with E-state index in [0.717, 1.165) is 12.6 Å². The van der Waals surface area contributed by atoms with Gasteiger partial charge in [0.15, 0.2) is 0 Å².